The molecule has 0 radical (unpaired) electrons. The second-order valence-corrected chi connectivity index (χ2v) is 3.91. The van der Waals surface area contributed by atoms with Crippen LogP contribution in [0, 0.1) is 0 Å². The van der Waals surface area contributed by atoms with Crippen molar-refractivity contribution in [1.29, 1.82) is 0 Å². The minimum Gasteiger partial charge on any atom is -0.478 e. The molecule has 0 saturated heterocycles. The molecule has 0 aliphatic carbocycles. The van der Waals surface area contributed by atoms with Crippen LogP contribution in [0.25, 0.3) is 0 Å². The van der Waals surface area contributed by atoms with Gasteiger partial charge in [0.1, 0.15) is 5.79 Å². The van der Waals surface area contributed by atoms with Crippen LogP contribution in [0.1, 0.15) is 33.6 Å². The van der Waals surface area contributed by atoms with Gasteiger partial charge in [-0.2, -0.15) is 0 Å². The van der Waals surface area contributed by atoms with Gasteiger partial charge in [-0.3, -0.25) is 16.0 Å². The second kappa shape index (κ2) is 8.22. The van der Waals surface area contributed by atoms with Crippen molar-refractivity contribution in [3.8, 4) is 0 Å². The third-order valence-electron chi connectivity index (χ3n) is 2.54. The van der Waals surface area contributed by atoms with Crippen molar-refractivity contribution in [2.75, 3.05) is 19.6 Å². The summed E-state index contributed by atoms with van der Waals surface area (Å²) in [6.45, 7) is 12.0. The third kappa shape index (κ3) is 5.81. The molecule has 0 fully saturated rings. The summed E-state index contributed by atoms with van der Waals surface area (Å²) >= 11 is 0. The Balaban J connectivity index is 4.53. The number of carbonyl (C=O) groups is 1. The Kier molecular flexibility index (Phi) is 7.78. The molecule has 0 aromatic heterocycles. The molecular weight excluding hydrogens is 218 g/mol. The largest absolute Gasteiger partial charge is 0.478 e. The molecule has 100 valence electrons. The lowest BCUT2D eigenvalue weighted by Crippen LogP contribution is -2.66. The minimum absolute atomic E-state index is 0.239. The van der Waals surface area contributed by atoms with Gasteiger partial charge in [0, 0.05) is 5.57 Å². The Morgan fingerprint density at radius 1 is 1.12 bits per heavy atom. The van der Waals surface area contributed by atoms with Crippen molar-refractivity contribution in [3.63, 3.8) is 0 Å². The maximum atomic E-state index is 10.7. The maximum absolute atomic E-state index is 10.7. The first kappa shape index (κ1) is 16.1. The fraction of sp³-hybridized carbons (Fsp3) is 0.750. The highest BCUT2D eigenvalue weighted by Gasteiger charge is 2.26. The summed E-state index contributed by atoms with van der Waals surface area (Å²) in [4.78, 5) is 10.7. The predicted octanol–water partition coefficient (Wildman–Crippen LogP) is 0.890. The van der Waals surface area contributed by atoms with E-state index in [1.165, 1.54) is 0 Å². The summed E-state index contributed by atoms with van der Waals surface area (Å²) < 4.78 is 0. The molecule has 0 spiro atoms. The molecule has 5 nitrogen and oxygen atoms in total. The average molecular weight is 243 g/mol. The number of hydrogen-bond acceptors (Lipinski definition) is 4. The molecule has 0 aliphatic heterocycles. The van der Waals surface area contributed by atoms with Crippen molar-refractivity contribution in [2.24, 2.45) is 0 Å². The van der Waals surface area contributed by atoms with Crippen LogP contribution in [0.2, 0.25) is 0 Å². The Labute approximate surface area is 104 Å². The second-order valence-electron chi connectivity index (χ2n) is 3.91. The molecule has 5 heteroatoms. The first-order valence-corrected chi connectivity index (χ1v) is 6.17. The zero-order chi connectivity index (χ0) is 13.3. The van der Waals surface area contributed by atoms with Gasteiger partial charge in [0.2, 0.25) is 0 Å². The van der Waals surface area contributed by atoms with E-state index in [-0.39, 0.29) is 5.57 Å². The van der Waals surface area contributed by atoms with Crippen LogP contribution in [0.3, 0.4) is 0 Å². The number of hydrogen-bond donors (Lipinski definition) is 4. The molecule has 0 rings (SSSR count). The first-order valence-electron chi connectivity index (χ1n) is 6.17. The van der Waals surface area contributed by atoms with Gasteiger partial charge in [-0.25, -0.2) is 4.79 Å². The monoisotopic (exact) mass is 243 g/mol. The number of nitrogens with one attached hydrogen (secondary N) is 3. The molecule has 0 saturated carbocycles. The van der Waals surface area contributed by atoms with Gasteiger partial charge in [-0.05, 0) is 32.5 Å². The fourth-order valence-corrected chi connectivity index (χ4v) is 1.80. The van der Waals surface area contributed by atoms with Crippen molar-refractivity contribution in [2.45, 2.75) is 39.4 Å². The van der Waals surface area contributed by atoms with Gasteiger partial charge in [-0.1, -0.05) is 27.4 Å². The Bertz CT molecular complexity index is 237. The van der Waals surface area contributed by atoms with Crippen LogP contribution in [-0.2, 0) is 4.79 Å². The van der Waals surface area contributed by atoms with Crippen molar-refractivity contribution in [3.05, 3.63) is 12.2 Å². The van der Waals surface area contributed by atoms with E-state index in [4.69, 9.17) is 5.11 Å². The van der Waals surface area contributed by atoms with Gasteiger partial charge >= 0.3 is 5.97 Å². The van der Waals surface area contributed by atoms with E-state index in [2.05, 4.69) is 22.5 Å². The molecular formula is C12H25N3O2. The summed E-state index contributed by atoms with van der Waals surface area (Å²) in [5, 5.41) is 18.8. The summed E-state index contributed by atoms with van der Waals surface area (Å²) in [5.41, 5.74) is 0.239. The van der Waals surface area contributed by atoms with Crippen LogP contribution in [0.5, 0.6) is 0 Å². The number of rotatable bonds is 10. The topological polar surface area (TPSA) is 73.4 Å². The van der Waals surface area contributed by atoms with Crippen molar-refractivity contribution in [1.82, 2.24) is 16.0 Å². The molecule has 0 amide bonds. The molecule has 0 aromatic rings. The highest BCUT2D eigenvalue weighted by atomic mass is 16.4. The first-order chi connectivity index (χ1) is 8.01. The summed E-state index contributed by atoms with van der Waals surface area (Å²) in [5.74, 6) is -1.33. The normalized spacial score (nSPS) is 11.5. The van der Waals surface area contributed by atoms with E-state index < -0.39 is 11.8 Å². The zero-order valence-electron chi connectivity index (χ0n) is 11.1. The summed E-state index contributed by atoms with van der Waals surface area (Å²) in [6.07, 6.45) is 1.09. The van der Waals surface area contributed by atoms with E-state index in [1.54, 1.807) is 0 Å². The van der Waals surface area contributed by atoms with Crippen LogP contribution in [0.15, 0.2) is 12.2 Å². The number of carboxylic acids is 1. The van der Waals surface area contributed by atoms with E-state index in [9.17, 15) is 4.79 Å². The lowest BCUT2D eigenvalue weighted by atomic mass is 10.1. The molecule has 0 aliphatic rings. The highest BCUT2D eigenvalue weighted by Crippen LogP contribution is 2.11. The lowest BCUT2D eigenvalue weighted by Gasteiger charge is -2.36. The van der Waals surface area contributed by atoms with E-state index in [0.717, 1.165) is 19.6 Å². The molecule has 0 bridgehead atoms. The Morgan fingerprint density at radius 3 is 1.82 bits per heavy atom. The lowest BCUT2D eigenvalue weighted by molar-refractivity contribution is -0.132. The number of aliphatic carboxylic acids is 1. The smallest absolute Gasteiger partial charge is 0.330 e. The van der Waals surface area contributed by atoms with Crippen LogP contribution in [0.4, 0.5) is 0 Å². The molecule has 0 heterocycles. The maximum Gasteiger partial charge on any atom is 0.330 e. The van der Waals surface area contributed by atoms with Gasteiger partial charge < -0.3 is 5.11 Å². The predicted molar refractivity (Wildman–Crippen MR) is 69.8 cm³/mol. The number of carboxylic acid groups (broad SMARTS) is 1. The van der Waals surface area contributed by atoms with Crippen LogP contribution >= 0.6 is 0 Å². The van der Waals surface area contributed by atoms with E-state index >= 15 is 0 Å². The fourth-order valence-electron chi connectivity index (χ4n) is 1.80. The van der Waals surface area contributed by atoms with Gasteiger partial charge in [-0.15, -0.1) is 0 Å². The standard InChI is InChI=1S/C12H25N3O2/c1-5-13-12(14-6-2,15-7-3)9-8-10(4)11(16)17/h13-15H,4-9H2,1-3H3,(H,16,17). The molecule has 0 atom stereocenters. The molecule has 0 unspecified atom stereocenters. The van der Waals surface area contributed by atoms with E-state index in [0.29, 0.717) is 12.8 Å². The van der Waals surface area contributed by atoms with Gasteiger partial charge in [0.15, 0.2) is 0 Å². The highest BCUT2D eigenvalue weighted by molar-refractivity contribution is 5.85. The Morgan fingerprint density at radius 2 is 1.53 bits per heavy atom. The molecule has 4 N–H and O–H groups in total. The van der Waals surface area contributed by atoms with Crippen LogP contribution in [-0.4, -0.2) is 36.5 Å². The quantitative estimate of drug-likeness (QED) is 0.339. The average Bonchev–Trinajstić information content (AvgIpc) is 2.27. The van der Waals surface area contributed by atoms with Crippen molar-refractivity contribution < 1.29 is 9.90 Å². The Hall–Kier alpha value is -0.910. The summed E-state index contributed by atoms with van der Waals surface area (Å²) in [7, 11) is 0. The summed E-state index contributed by atoms with van der Waals surface area (Å²) in [6, 6.07) is 0. The SMILES string of the molecule is C=C(CCC(NCC)(NCC)NCC)C(=O)O. The molecule has 0 aromatic carbocycles. The van der Waals surface area contributed by atoms with E-state index in [1.807, 2.05) is 20.8 Å². The van der Waals surface area contributed by atoms with Gasteiger partial charge in [0.05, 0.1) is 0 Å². The van der Waals surface area contributed by atoms with Crippen molar-refractivity contribution >= 4 is 5.97 Å². The van der Waals surface area contributed by atoms with Crippen LogP contribution < -0.4 is 16.0 Å². The van der Waals surface area contributed by atoms with Gasteiger partial charge in [0.25, 0.3) is 0 Å². The zero-order valence-corrected chi connectivity index (χ0v) is 11.1. The third-order valence-corrected chi connectivity index (χ3v) is 2.54. The molecule has 17 heavy (non-hydrogen) atoms. The minimum atomic E-state index is -0.927.